The monoisotopic (exact) mass is 412 g/mol. The van der Waals surface area contributed by atoms with Gasteiger partial charge >= 0.3 is 0 Å². The minimum atomic E-state index is -0.645. The van der Waals surface area contributed by atoms with E-state index in [1.165, 1.54) is 4.90 Å². The maximum atomic E-state index is 13.1. The highest BCUT2D eigenvalue weighted by Gasteiger charge is 2.27. The van der Waals surface area contributed by atoms with E-state index < -0.39 is 6.04 Å². The molecule has 0 unspecified atom stereocenters. The second kappa shape index (κ2) is 10.7. The molecule has 0 radical (unpaired) electrons. The molecule has 0 aromatic heterocycles. The maximum Gasteiger partial charge on any atom is 0.261 e. The Bertz CT molecular complexity index is 879. The molecule has 162 valence electrons. The van der Waals surface area contributed by atoms with Crippen LogP contribution in [0, 0.1) is 13.8 Å². The van der Waals surface area contributed by atoms with Crippen molar-refractivity contribution in [2.75, 3.05) is 13.7 Å². The van der Waals surface area contributed by atoms with Crippen LogP contribution in [-0.2, 0) is 16.1 Å². The van der Waals surface area contributed by atoms with Gasteiger partial charge in [0.1, 0.15) is 17.5 Å². The smallest absolute Gasteiger partial charge is 0.261 e. The van der Waals surface area contributed by atoms with Crippen molar-refractivity contribution in [1.29, 1.82) is 0 Å². The van der Waals surface area contributed by atoms with E-state index in [2.05, 4.69) is 5.32 Å². The molecule has 30 heavy (non-hydrogen) atoms. The lowest BCUT2D eigenvalue weighted by Gasteiger charge is -2.29. The van der Waals surface area contributed by atoms with Crippen molar-refractivity contribution in [1.82, 2.24) is 10.2 Å². The summed E-state index contributed by atoms with van der Waals surface area (Å²) < 4.78 is 11.1. The summed E-state index contributed by atoms with van der Waals surface area (Å²) in [6.07, 6.45) is 0. The van der Waals surface area contributed by atoms with E-state index in [1.54, 1.807) is 14.0 Å². The van der Waals surface area contributed by atoms with Crippen LogP contribution in [0.3, 0.4) is 0 Å². The van der Waals surface area contributed by atoms with E-state index in [-0.39, 0.29) is 31.0 Å². The molecule has 0 aliphatic carbocycles. The molecular formula is C24H32N2O4. The van der Waals surface area contributed by atoms with Crippen molar-refractivity contribution in [3.63, 3.8) is 0 Å². The Labute approximate surface area is 179 Å². The molecule has 2 aromatic carbocycles. The lowest BCUT2D eigenvalue weighted by molar-refractivity contribution is -0.142. The number of rotatable bonds is 9. The van der Waals surface area contributed by atoms with Gasteiger partial charge in [-0.2, -0.15) is 0 Å². The van der Waals surface area contributed by atoms with Crippen molar-refractivity contribution in [3.8, 4) is 11.5 Å². The first-order valence-corrected chi connectivity index (χ1v) is 10.1. The molecule has 0 bridgehead atoms. The molecule has 0 saturated heterocycles. The number of aryl methyl sites for hydroxylation is 2. The van der Waals surface area contributed by atoms with Gasteiger partial charge < -0.3 is 19.7 Å². The molecule has 1 atom stereocenters. The zero-order valence-electron chi connectivity index (χ0n) is 18.7. The number of methoxy groups -OCH3 is 1. The number of nitrogens with one attached hydrogen (secondary N) is 1. The van der Waals surface area contributed by atoms with Crippen molar-refractivity contribution >= 4 is 11.8 Å². The lowest BCUT2D eigenvalue weighted by Crippen LogP contribution is -2.50. The Balaban J connectivity index is 2.19. The number of hydrogen-bond donors (Lipinski definition) is 1. The minimum Gasteiger partial charge on any atom is -0.497 e. The Morgan fingerprint density at radius 2 is 1.80 bits per heavy atom. The lowest BCUT2D eigenvalue weighted by atomic mass is 10.1. The van der Waals surface area contributed by atoms with Gasteiger partial charge in [0.25, 0.3) is 5.91 Å². The van der Waals surface area contributed by atoms with Gasteiger partial charge in [0.15, 0.2) is 6.61 Å². The molecule has 2 aromatic rings. The molecule has 0 heterocycles. The zero-order valence-corrected chi connectivity index (χ0v) is 18.7. The number of benzene rings is 2. The predicted molar refractivity (Wildman–Crippen MR) is 118 cm³/mol. The standard InChI is InChI=1S/C24H32N2O4/c1-16(2)25-24(28)19(5)26(14-20-8-7-9-21(13-20)29-6)23(27)15-30-22-11-10-17(3)12-18(22)4/h7-13,16,19H,14-15H2,1-6H3,(H,25,28)/t19-/m1/s1. The topological polar surface area (TPSA) is 67.9 Å². The fourth-order valence-electron chi connectivity index (χ4n) is 3.14. The number of hydrogen-bond acceptors (Lipinski definition) is 4. The SMILES string of the molecule is COc1cccc(CN(C(=O)COc2ccc(C)cc2C)[C@H](C)C(=O)NC(C)C)c1. The average molecular weight is 413 g/mol. The molecule has 0 fully saturated rings. The van der Waals surface area contributed by atoms with Crippen molar-refractivity contribution < 1.29 is 19.1 Å². The Morgan fingerprint density at radius 1 is 1.07 bits per heavy atom. The quantitative estimate of drug-likeness (QED) is 0.683. The van der Waals surface area contributed by atoms with Crippen LogP contribution in [0.15, 0.2) is 42.5 Å². The van der Waals surface area contributed by atoms with E-state index in [9.17, 15) is 9.59 Å². The van der Waals surface area contributed by atoms with Gasteiger partial charge in [0.2, 0.25) is 5.91 Å². The minimum absolute atomic E-state index is 0.0137. The van der Waals surface area contributed by atoms with Crippen LogP contribution in [0.2, 0.25) is 0 Å². The van der Waals surface area contributed by atoms with Gasteiger partial charge in [-0.3, -0.25) is 9.59 Å². The average Bonchev–Trinajstić information content (AvgIpc) is 2.70. The second-order valence-electron chi connectivity index (χ2n) is 7.77. The first kappa shape index (κ1) is 23.3. The fraction of sp³-hybridized carbons (Fsp3) is 0.417. The van der Waals surface area contributed by atoms with Gasteiger partial charge in [-0.15, -0.1) is 0 Å². The highest BCUT2D eigenvalue weighted by molar-refractivity contribution is 5.88. The van der Waals surface area contributed by atoms with E-state index in [1.807, 2.05) is 70.2 Å². The summed E-state index contributed by atoms with van der Waals surface area (Å²) in [6, 6.07) is 12.6. The number of amides is 2. The number of carbonyl (C=O) groups is 2. The molecule has 6 heteroatoms. The highest BCUT2D eigenvalue weighted by atomic mass is 16.5. The van der Waals surface area contributed by atoms with Crippen molar-refractivity contribution in [3.05, 3.63) is 59.2 Å². The van der Waals surface area contributed by atoms with Crippen LogP contribution in [0.1, 0.15) is 37.5 Å². The van der Waals surface area contributed by atoms with E-state index in [0.29, 0.717) is 11.5 Å². The molecular weight excluding hydrogens is 380 g/mol. The normalized spacial score (nSPS) is 11.7. The number of nitrogens with zero attached hydrogens (tertiary/aromatic N) is 1. The summed E-state index contributed by atoms with van der Waals surface area (Å²) >= 11 is 0. The Morgan fingerprint density at radius 3 is 2.43 bits per heavy atom. The fourth-order valence-corrected chi connectivity index (χ4v) is 3.14. The van der Waals surface area contributed by atoms with E-state index >= 15 is 0 Å². The van der Waals surface area contributed by atoms with Gasteiger partial charge in [0, 0.05) is 12.6 Å². The van der Waals surface area contributed by atoms with E-state index in [4.69, 9.17) is 9.47 Å². The van der Waals surface area contributed by atoms with Gasteiger partial charge in [0.05, 0.1) is 7.11 Å². The van der Waals surface area contributed by atoms with Gasteiger partial charge in [-0.25, -0.2) is 0 Å². The zero-order chi connectivity index (χ0) is 22.3. The third-order valence-corrected chi connectivity index (χ3v) is 4.77. The van der Waals surface area contributed by atoms with Gasteiger partial charge in [-0.05, 0) is 63.9 Å². The second-order valence-corrected chi connectivity index (χ2v) is 7.77. The molecule has 0 saturated carbocycles. The summed E-state index contributed by atoms with van der Waals surface area (Å²) in [5, 5.41) is 2.88. The molecule has 0 spiro atoms. The molecule has 6 nitrogen and oxygen atoms in total. The van der Waals surface area contributed by atoms with Crippen LogP contribution in [0.25, 0.3) is 0 Å². The number of carbonyl (C=O) groups excluding carboxylic acids is 2. The first-order chi connectivity index (χ1) is 14.2. The van der Waals surface area contributed by atoms with Crippen LogP contribution < -0.4 is 14.8 Å². The largest absolute Gasteiger partial charge is 0.497 e. The summed E-state index contributed by atoms with van der Waals surface area (Å²) in [5.41, 5.74) is 2.97. The summed E-state index contributed by atoms with van der Waals surface area (Å²) in [6.45, 7) is 9.59. The van der Waals surface area contributed by atoms with Crippen LogP contribution in [0.5, 0.6) is 11.5 Å². The molecule has 2 rings (SSSR count). The Kier molecular flexibility index (Phi) is 8.27. The van der Waals surface area contributed by atoms with Crippen molar-refractivity contribution in [2.24, 2.45) is 0 Å². The predicted octanol–water partition coefficient (Wildman–Crippen LogP) is 3.63. The summed E-state index contributed by atoms with van der Waals surface area (Å²) in [5.74, 6) is 0.900. The molecule has 2 amide bonds. The number of ether oxygens (including phenoxy) is 2. The van der Waals surface area contributed by atoms with E-state index in [0.717, 1.165) is 16.7 Å². The first-order valence-electron chi connectivity index (χ1n) is 10.1. The maximum absolute atomic E-state index is 13.1. The summed E-state index contributed by atoms with van der Waals surface area (Å²) in [4.78, 5) is 27.2. The third-order valence-electron chi connectivity index (χ3n) is 4.77. The van der Waals surface area contributed by atoms with Crippen LogP contribution >= 0.6 is 0 Å². The Hall–Kier alpha value is -3.02. The van der Waals surface area contributed by atoms with Crippen LogP contribution in [0.4, 0.5) is 0 Å². The van der Waals surface area contributed by atoms with Crippen LogP contribution in [-0.4, -0.2) is 42.5 Å². The molecule has 1 N–H and O–H groups in total. The van der Waals surface area contributed by atoms with Crippen molar-refractivity contribution in [2.45, 2.75) is 53.2 Å². The molecule has 0 aliphatic rings. The molecule has 0 aliphatic heterocycles. The highest BCUT2D eigenvalue weighted by Crippen LogP contribution is 2.20. The summed E-state index contributed by atoms with van der Waals surface area (Å²) in [7, 11) is 1.60. The third kappa shape index (κ3) is 6.51. The van der Waals surface area contributed by atoms with Gasteiger partial charge in [-0.1, -0.05) is 29.8 Å².